The molecule has 3 heteroatoms. The minimum absolute atomic E-state index is 0.117. The van der Waals surface area contributed by atoms with Gasteiger partial charge in [0.1, 0.15) is 5.75 Å². The van der Waals surface area contributed by atoms with Crippen LogP contribution in [0.4, 0.5) is 0 Å². The molecule has 0 saturated carbocycles. The lowest BCUT2D eigenvalue weighted by atomic mass is 10.0. The molecule has 81 valence electrons. The van der Waals surface area contributed by atoms with Gasteiger partial charge in [0.15, 0.2) is 6.10 Å². The van der Waals surface area contributed by atoms with E-state index in [0.29, 0.717) is 5.75 Å². The summed E-state index contributed by atoms with van der Waals surface area (Å²) in [5.74, 6) is 0.349. The van der Waals surface area contributed by atoms with Crippen molar-refractivity contribution < 1.29 is 9.53 Å². The predicted octanol–water partition coefficient (Wildman–Crippen LogP) is 1.77. The van der Waals surface area contributed by atoms with Crippen molar-refractivity contribution in [2.75, 3.05) is 0 Å². The highest BCUT2D eigenvalue weighted by Gasteiger charge is 2.23. The fraction of sp³-hybridized carbons (Fsp3) is 0.417. The Morgan fingerprint density at radius 2 is 2.13 bits per heavy atom. The minimum atomic E-state index is -0.558. The Morgan fingerprint density at radius 3 is 2.60 bits per heavy atom. The summed E-state index contributed by atoms with van der Waals surface area (Å²) in [7, 11) is 0. The first-order valence-electron chi connectivity index (χ1n) is 5.07. The second-order valence-electron chi connectivity index (χ2n) is 3.56. The van der Waals surface area contributed by atoms with Crippen molar-refractivity contribution in [1.82, 2.24) is 0 Å². The van der Waals surface area contributed by atoms with E-state index in [1.807, 2.05) is 13.8 Å². The van der Waals surface area contributed by atoms with Crippen molar-refractivity contribution in [2.24, 2.45) is 11.7 Å². The van der Waals surface area contributed by atoms with E-state index in [4.69, 9.17) is 10.5 Å². The van der Waals surface area contributed by atoms with Crippen molar-refractivity contribution in [3.05, 3.63) is 30.3 Å². The molecule has 0 aliphatic heterocycles. The zero-order valence-corrected chi connectivity index (χ0v) is 9.07. The summed E-state index contributed by atoms with van der Waals surface area (Å²) in [6.07, 6.45) is 0.296. The van der Waals surface area contributed by atoms with Crippen LogP contribution in [0.3, 0.4) is 0 Å². The summed E-state index contributed by atoms with van der Waals surface area (Å²) >= 11 is 0. The summed E-state index contributed by atoms with van der Waals surface area (Å²) in [6, 6.07) is 9.89. The number of hydrogen-bond acceptors (Lipinski definition) is 2. The Kier molecular flexibility index (Phi) is 4.16. The van der Waals surface area contributed by atoms with Crippen molar-refractivity contribution in [2.45, 2.75) is 26.4 Å². The van der Waals surface area contributed by atoms with Crippen LogP contribution in [0.1, 0.15) is 20.3 Å². The van der Waals surface area contributed by atoms with Crippen LogP contribution in [-0.4, -0.2) is 12.0 Å². The van der Waals surface area contributed by atoms with Gasteiger partial charge in [-0.1, -0.05) is 26.0 Å². The molecule has 0 fully saturated rings. The predicted molar refractivity (Wildman–Crippen MR) is 58.3 cm³/mol. The van der Waals surface area contributed by atoms with Crippen LogP contribution in [-0.2, 0) is 4.79 Å². The minimum Gasteiger partial charge on any atom is -0.480 e. The Morgan fingerprint density at radius 1 is 1.53 bits per heavy atom. The number of nitrogens with two attached hydrogens (primary N) is 1. The first kappa shape index (κ1) is 11.6. The third-order valence-electron chi connectivity index (χ3n) is 2.39. The highest BCUT2D eigenvalue weighted by atomic mass is 16.5. The number of amides is 1. The van der Waals surface area contributed by atoms with Crippen molar-refractivity contribution in [3.8, 4) is 5.75 Å². The lowest BCUT2D eigenvalue weighted by Crippen LogP contribution is -2.38. The first-order chi connectivity index (χ1) is 7.15. The van der Waals surface area contributed by atoms with Gasteiger partial charge in [-0.15, -0.1) is 0 Å². The highest BCUT2D eigenvalue weighted by Crippen LogP contribution is 2.16. The maximum Gasteiger partial charge on any atom is 0.258 e. The Hall–Kier alpha value is -1.51. The summed E-state index contributed by atoms with van der Waals surface area (Å²) in [4.78, 5) is 11.2. The highest BCUT2D eigenvalue weighted by molar-refractivity contribution is 5.79. The van der Waals surface area contributed by atoms with Crippen LogP contribution >= 0.6 is 0 Å². The van der Waals surface area contributed by atoms with Gasteiger partial charge in [0, 0.05) is 5.92 Å². The third-order valence-corrected chi connectivity index (χ3v) is 2.39. The van der Waals surface area contributed by atoms with Crippen LogP contribution in [0.15, 0.2) is 24.3 Å². The summed E-state index contributed by atoms with van der Waals surface area (Å²) in [5.41, 5.74) is 5.29. The maximum absolute atomic E-state index is 11.2. The largest absolute Gasteiger partial charge is 0.480 e. The molecule has 15 heavy (non-hydrogen) atoms. The molecule has 0 bridgehead atoms. The molecule has 1 radical (unpaired) electrons. The number of benzene rings is 1. The van der Waals surface area contributed by atoms with Gasteiger partial charge in [0.2, 0.25) is 0 Å². The Bertz CT molecular complexity index is 311. The second kappa shape index (κ2) is 5.39. The maximum atomic E-state index is 11.2. The van der Waals surface area contributed by atoms with Gasteiger partial charge in [0.25, 0.3) is 5.91 Å². The first-order valence-corrected chi connectivity index (χ1v) is 5.07. The van der Waals surface area contributed by atoms with E-state index in [0.717, 1.165) is 6.42 Å². The van der Waals surface area contributed by atoms with Gasteiger partial charge in [-0.3, -0.25) is 4.79 Å². The quantitative estimate of drug-likeness (QED) is 0.798. The normalized spacial score (nSPS) is 14.3. The lowest BCUT2D eigenvalue weighted by Gasteiger charge is -2.21. The summed E-state index contributed by atoms with van der Waals surface area (Å²) in [5, 5.41) is 0. The fourth-order valence-corrected chi connectivity index (χ4v) is 1.27. The molecule has 0 saturated heterocycles. The smallest absolute Gasteiger partial charge is 0.258 e. The van der Waals surface area contributed by atoms with E-state index in [2.05, 4.69) is 6.07 Å². The SMILES string of the molecule is CCC(C)C(Oc1cc[c]cc1)C(N)=O. The van der Waals surface area contributed by atoms with Crippen molar-refractivity contribution in [1.29, 1.82) is 0 Å². The van der Waals surface area contributed by atoms with E-state index in [1.165, 1.54) is 0 Å². The molecule has 2 unspecified atom stereocenters. The molecule has 0 aliphatic carbocycles. The fourth-order valence-electron chi connectivity index (χ4n) is 1.27. The monoisotopic (exact) mass is 206 g/mol. The molecule has 0 spiro atoms. The van der Waals surface area contributed by atoms with Crippen LogP contribution in [0.5, 0.6) is 5.75 Å². The van der Waals surface area contributed by atoms with E-state index in [1.54, 1.807) is 24.3 Å². The number of hydrogen-bond donors (Lipinski definition) is 1. The average molecular weight is 206 g/mol. The molecule has 1 amide bonds. The van der Waals surface area contributed by atoms with E-state index < -0.39 is 12.0 Å². The Labute approximate surface area is 90.2 Å². The third kappa shape index (κ3) is 3.27. The summed E-state index contributed by atoms with van der Waals surface area (Å²) in [6.45, 7) is 3.95. The molecule has 1 aromatic carbocycles. The molecular formula is C12H16NO2. The van der Waals surface area contributed by atoms with E-state index in [-0.39, 0.29) is 5.92 Å². The van der Waals surface area contributed by atoms with Crippen LogP contribution in [0.25, 0.3) is 0 Å². The Balaban J connectivity index is 2.71. The van der Waals surface area contributed by atoms with Gasteiger partial charge >= 0.3 is 0 Å². The van der Waals surface area contributed by atoms with Crippen molar-refractivity contribution in [3.63, 3.8) is 0 Å². The standard InChI is InChI=1S/C12H16NO2/c1-3-9(2)11(12(13)14)15-10-7-5-4-6-8-10/h5-9,11H,3H2,1-2H3,(H2,13,14). The van der Waals surface area contributed by atoms with Crippen molar-refractivity contribution >= 4 is 5.91 Å². The van der Waals surface area contributed by atoms with Gasteiger partial charge in [0.05, 0.1) is 0 Å². The molecule has 2 N–H and O–H groups in total. The zero-order chi connectivity index (χ0) is 11.3. The van der Waals surface area contributed by atoms with Gasteiger partial charge < -0.3 is 10.5 Å². The molecular weight excluding hydrogens is 190 g/mol. The molecule has 0 aromatic heterocycles. The molecule has 2 atom stereocenters. The van der Waals surface area contributed by atoms with Crippen LogP contribution in [0, 0.1) is 12.0 Å². The van der Waals surface area contributed by atoms with Gasteiger partial charge in [-0.2, -0.15) is 0 Å². The van der Waals surface area contributed by atoms with E-state index >= 15 is 0 Å². The average Bonchev–Trinajstić information content (AvgIpc) is 2.26. The number of carbonyl (C=O) groups is 1. The number of carbonyl (C=O) groups excluding carboxylic acids is 1. The number of primary amides is 1. The van der Waals surface area contributed by atoms with Gasteiger partial charge in [-0.05, 0) is 24.6 Å². The van der Waals surface area contributed by atoms with Crippen LogP contribution in [0.2, 0.25) is 0 Å². The molecule has 1 rings (SSSR count). The zero-order valence-electron chi connectivity index (χ0n) is 9.07. The van der Waals surface area contributed by atoms with Crippen LogP contribution < -0.4 is 10.5 Å². The molecule has 1 aromatic rings. The molecule has 0 aliphatic rings. The number of rotatable bonds is 5. The summed E-state index contributed by atoms with van der Waals surface area (Å²) < 4.78 is 5.53. The molecule has 3 nitrogen and oxygen atoms in total. The molecule has 0 heterocycles. The second-order valence-corrected chi connectivity index (χ2v) is 3.56. The van der Waals surface area contributed by atoms with Gasteiger partial charge in [-0.25, -0.2) is 0 Å². The lowest BCUT2D eigenvalue weighted by molar-refractivity contribution is -0.126. The number of ether oxygens (including phenoxy) is 1. The van der Waals surface area contributed by atoms with E-state index in [9.17, 15) is 4.79 Å². The topological polar surface area (TPSA) is 52.3 Å².